The molecule has 0 spiro atoms. The van der Waals surface area contributed by atoms with E-state index in [4.69, 9.17) is 4.74 Å². The van der Waals surface area contributed by atoms with Crippen LogP contribution in [0.25, 0.3) is 0 Å². The zero-order valence-corrected chi connectivity index (χ0v) is 10.6. The summed E-state index contributed by atoms with van der Waals surface area (Å²) in [6.45, 7) is 4.89. The van der Waals surface area contributed by atoms with Crippen LogP contribution in [-0.4, -0.2) is 18.7 Å². The number of rotatable bonds is 6. The third-order valence-electron chi connectivity index (χ3n) is 3.40. The van der Waals surface area contributed by atoms with E-state index in [9.17, 15) is 4.79 Å². The topological polar surface area (TPSA) is 38.3 Å². The van der Waals surface area contributed by atoms with Crippen LogP contribution in [0, 0.1) is 5.92 Å². The molecule has 16 heavy (non-hydrogen) atoms. The maximum absolute atomic E-state index is 11.5. The third kappa shape index (κ3) is 4.86. The molecule has 94 valence electrons. The molecule has 1 atom stereocenters. The van der Waals surface area contributed by atoms with E-state index in [0.29, 0.717) is 18.6 Å². The molecule has 0 aromatic rings. The lowest BCUT2D eigenvalue weighted by atomic mass is 10.0. The van der Waals surface area contributed by atoms with E-state index < -0.39 is 0 Å². The van der Waals surface area contributed by atoms with E-state index in [-0.39, 0.29) is 6.09 Å². The first kappa shape index (κ1) is 13.3. The molecule has 3 nitrogen and oxygen atoms in total. The van der Waals surface area contributed by atoms with E-state index in [1.807, 2.05) is 0 Å². The normalized spacial score (nSPS) is 18.4. The molecule has 1 amide bonds. The standard InChI is InChI=1S/C13H25NO2/c1-3-7-11(4-2)10-16-13(15)14-12-8-5-6-9-12/h11-12H,3-10H2,1-2H3,(H,14,15). The van der Waals surface area contributed by atoms with Gasteiger partial charge in [-0.15, -0.1) is 0 Å². The Kier molecular flexibility index (Phi) is 6.27. The molecule has 0 saturated heterocycles. The van der Waals surface area contributed by atoms with Gasteiger partial charge in [0.1, 0.15) is 0 Å². The fourth-order valence-corrected chi connectivity index (χ4v) is 2.29. The van der Waals surface area contributed by atoms with Crippen LogP contribution in [0.1, 0.15) is 58.8 Å². The molecule has 1 fully saturated rings. The molecule has 1 rings (SSSR count). The number of nitrogens with one attached hydrogen (secondary N) is 1. The summed E-state index contributed by atoms with van der Waals surface area (Å²) in [6, 6.07) is 0.360. The maximum Gasteiger partial charge on any atom is 0.407 e. The molecule has 3 heteroatoms. The van der Waals surface area contributed by atoms with Crippen LogP contribution in [-0.2, 0) is 4.74 Å². The molecule has 1 unspecified atom stereocenters. The zero-order valence-electron chi connectivity index (χ0n) is 10.6. The van der Waals surface area contributed by atoms with Gasteiger partial charge in [0.05, 0.1) is 6.61 Å². The number of ether oxygens (including phenoxy) is 1. The van der Waals surface area contributed by atoms with Gasteiger partial charge in [0.25, 0.3) is 0 Å². The summed E-state index contributed by atoms with van der Waals surface area (Å²) < 4.78 is 5.26. The molecule has 1 aliphatic rings. The first-order valence-corrected chi connectivity index (χ1v) is 6.69. The van der Waals surface area contributed by atoms with Gasteiger partial charge in [0.15, 0.2) is 0 Å². The molecular weight excluding hydrogens is 202 g/mol. The Morgan fingerprint density at radius 3 is 2.62 bits per heavy atom. The number of carbonyl (C=O) groups excluding carboxylic acids is 1. The van der Waals surface area contributed by atoms with Crippen LogP contribution >= 0.6 is 0 Å². The minimum Gasteiger partial charge on any atom is -0.449 e. The van der Waals surface area contributed by atoms with E-state index in [1.165, 1.54) is 12.8 Å². The number of alkyl carbamates (subject to hydrolysis) is 1. The summed E-state index contributed by atoms with van der Waals surface area (Å²) in [4.78, 5) is 11.5. The Hall–Kier alpha value is -0.730. The number of hydrogen-bond acceptors (Lipinski definition) is 2. The number of hydrogen-bond donors (Lipinski definition) is 1. The molecule has 0 aliphatic heterocycles. The highest BCUT2D eigenvalue weighted by atomic mass is 16.5. The smallest absolute Gasteiger partial charge is 0.407 e. The molecule has 0 radical (unpaired) electrons. The fourth-order valence-electron chi connectivity index (χ4n) is 2.29. The molecule has 1 N–H and O–H groups in total. The Labute approximate surface area is 98.9 Å². The highest BCUT2D eigenvalue weighted by Gasteiger charge is 2.18. The van der Waals surface area contributed by atoms with Crippen molar-refractivity contribution in [2.24, 2.45) is 5.92 Å². The summed E-state index contributed by atoms with van der Waals surface area (Å²) in [5.74, 6) is 0.527. The van der Waals surface area contributed by atoms with Gasteiger partial charge in [-0.2, -0.15) is 0 Å². The SMILES string of the molecule is CCCC(CC)COC(=O)NC1CCCC1. The van der Waals surface area contributed by atoms with Crippen LogP contribution in [0.3, 0.4) is 0 Å². The summed E-state index contributed by atoms with van der Waals surface area (Å²) in [5.41, 5.74) is 0. The Morgan fingerprint density at radius 1 is 1.38 bits per heavy atom. The Bertz CT molecular complexity index is 200. The van der Waals surface area contributed by atoms with Gasteiger partial charge >= 0.3 is 6.09 Å². The average molecular weight is 227 g/mol. The zero-order chi connectivity index (χ0) is 11.8. The average Bonchev–Trinajstić information content (AvgIpc) is 2.76. The van der Waals surface area contributed by atoms with Gasteiger partial charge in [0.2, 0.25) is 0 Å². The highest BCUT2D eigenvalue weighted by molar-refractivity contribution is 5.67. The van der Waals surface area contributed by atoms with Crippen LogP contribution in [0.4, 0.5) is 4.79 Å². The van der Waals surface area contributed by atoms with E-state index in [2.05, 4.69) is 19.2 Å². The van der Waals surface area contributed by atoms with Gasteiger partial charge in [-0.05, 0) is 25.2 Å². The predicted molar refractivity (Wildman–Crippen MR) is 65.4 cm³/mol. The van der Waals surface area contributed by atoms with Crippen molar-refractivity contribution in [3.8, 4) is 0 Å². The summed E-state index contributed by atoms with van der Waals surface area (Å²) in [6.07, 6.45) is 7.87. The number of carbonyl (C=O) groups is 1. The largest absolute Gasteiger partial charge is 0.449 e. The van der Waals surface area contributed by atoms with Crippen LogP contribution in [0.15, 0.2) is 0 Å². The second-order valence-corrected chi connectivity index (χ2v) is 4.79. The molecule has 1 aliphatic carbocycles. The highest BCUT2D eigenvalue weighted by Crippen LogP contribution is 2.18. The van der Waals surface area contributed by atoms with Gasteiger partial charge < -0.3 is 10.1 Å². The van der Waals surface area contributed by atoms with Crippen molar-refractivity contribution < 1.29 is 9.53 Å². The number of amides is 1. The lowest BCUT2D eigenvalue weighted by Crippen LogP contribution is -2.34. The third-order valence-corrected chi connectivity index (χ3v) is 3.40. The van der Waals surface area contributed by atoms with Crippen molar-refractivity contribution in [2.75, 3.05) is 6.61 Å². The lowest BCUT2D eigenvalue weighted by molar-refractivity contribution is 0.120. The Morgan fingerprint density at radius 2 is 2.06 bits per heavy atom. The van der Waals surface area contributed by atoms with Crippen molar-refractivity contribution >= 4 is 6.09 Å². The van der Waals surface area contributed by atoms with Gasteiger partial charge in [-0.25, -0.2) is 4.79 Å². The van der Waals surface area contributed by atoms with E-state index in [1.54, 1.807) is 0 Å². The summed E-state index contributed by atoms with van der Waals surface area (Å²) in [7, 11) is 0. The summed E-state index contributed by atoms with van der Waals surface area (Å²) in [5, 5.41) is 2.94. The fraction of sp³-hybridized carbons (Fsp3) is 0.923. The molecule has 0 aromatic carbocycles. The van der Waals surface area contributed by atoms with Crippen LogP contribution < -0.4 is 5.32 Å². The van der Waals surface area contributed by atoms with Gasteiger partial charge in [-0.1, -0.05) is 39.5 Å². The molecular formula is C13H25NO2. The minimum atomic E-state index is -0.221. The summed E-state index contributed by atoms with van der Waals surface area (Å²) >= 11 is 0. The van der Waals surface area contributed by atoms with Crippen LogP contribution in [0.2, 0.25) is 0 Å². The first-order valence-electron chi connectivity index (χ1n) is 6.69. The van der Waals surface area contributed by atoms with Crippen molar-refractivity contribution in [3.05, 3.63) is 0 Å². The maximum atomic E-state index is 11.5. The van der Waals surface area contributed by atoms with Crippen molar-refractivity contribution in [1.29, 1.82) is 0 Å². The lowest BCUT2D eigenvalue weighted by Gasteiger charge is -2.16. The predicted octanol–water partition coefficient (Wildman–Crippen LogP) is 3.48. The van der Waals surface area contributed by atoms with Crippen molar-refractivity contribution in [2.45, 2.75) is 64.8 Å². The monoisotopic (exact) mass is 227 g/mol. The van der Waals surface area contributed by atoms with Crippen molar-refractivity contribution in [3.63, 3.8) is 0 Å². The second-order valence-electron chi connectivity index (χ2n) is 4.79. The Balaban J connectivity index is 2.12. The second kappa shape index (κ2) is 7.53. The first-order chi connectivity index (χ1) is 7.76. The molecule has 0 aromatic heterocycles. The molecule has 0 bridgehead atoms. The van der Waals surface area contributed by atoms with Crippen molar-refractivity contribution in [1.82, 2.24) is 5.32 Å². The van der Waals surface area contributed by atoms with E-state index in [0.717, 1.165) is 32.1 Å². The van der Waals surface area contributed by atoms with Gasteiger partial charge in [-0.3, -0.25) is 0 Å². The van der Waals surface area contributed by atoms with Gasteiger partial charge in [0, 0.05) is 6.04 Å². The van der Waals surface area contributed by atoms with E-state index >= 15 is 0 Å². The van der Waals surface area contributed by atoms with Crippen LogP contribution in [0.5, 0.6) is 0 Å². The molecule has 0 heterocycles. The molecule has 1 saturated carbocycles. The quantitative estimate of drug-likeness (QED) is 0.754. The minimum absolute atomic E-state index is 0.221.